The smallest absolute Gasteiger partial charge is 0.229 e. The molecule has 12 heteroatoms. The number of sulfonamides is 1. The lowest BCUT2D eigenvalue weighted by atomic mass is 10.1. The minimum Gasteiger partial charge on any atom is -0.354 e. The molecule has 0 bridgehead atoms. The second-order valence-corrected chi connectivity index (χ2v) is 10.1. The van der Waals surface area contributed by atoms with Gasteiger partial charge >= 0.3 is 0 Å². The zero-order valence-corrected chi connectivity index (χ0v) is 19.1. The molecule has 0 radical (unpaired) electrons. The Morgan fingerprint density at radius 1 is 0.938 bits per heavy atom. The molecule has 2 amide bonds. The van der Waals surface area contributed by atoms with Crippen molar-refractivity contribution in [2.24, 2.45) is 0 Å². The van der Waals surface area contributed by atoms with Crippen LogP contribution in [0.25, 0.3) is 5.82 Å². The zero-order chi connectivity index (χ0) is 22.9. The Balaban J connectivity index is 1.37. The van der Waals surface area contributed by atoms with Crippen molar-refractivity contribution in [3.63, 3.8) is 0 Å². The number of rotatable bonds is 6. The number of aromatic nitrogens is 4. The summed E-state index contributed by atoms with van der Waals surface area (Å²) in [6.45, 7) is 5.42. The monoisotopic (exact) mass is 461 g/mol. The predicted octanol–water partition coefficient (Wildman–Crippen LogP) is 0.270. The van der Waals surface area contributed by atoms with Gasteiger partial charge in [0.1, 0.15) is 24.3 Å². The molecule has 0 spiro atoms. The number of carbonyl (C=O) groups excluding carboxylic acids is 2. The highest BCUT2D eigenvalue weighted by atomic mass is 32.2. The number of piperazine rings is 1. The summed E-state index contributed by atoms with van der Waals surface area (Å²) in [5, 5.41) is 0. The zero-order valence-electron chi connectivity index (χ0n) is 18.3. The van der Waals surface area contributed by atoms with Crippen molar-refractivity contribution in [3.05, 3.63) is 30.1 Å². The molecule has 32 heavy (non-hydrogen) atoms. The lowest BCUT2D eigenvalue weighted by molar-refractivity contribution is -0.147. The molecule has 0 atom stereocenters. The molecule has 4 heterocycles. The van der Waals surface area contributed by atoms with Gasteiger partial charge in [0.15, 0.2) is 0 Å². The van der Waals surface area contributed by atoms with E-state index in [-0.39, 0.29) is 24.1 Å². The van der Waals surface area contributed by atoms with Crippen LogP contribution in [0.3, 0.4) is 0 Å². The molecule has 4 rings (SSSR count). The number of imide groups is 1. The fourth-order valence-corrected chi connectivity index (χ4v) is 5.34. The SMILES string of the molecule is Cc1ncn(-c2cc(N3CCN(S(=O)(=O)CCN4C(=O)CCCC4=O)CC3)ncn2)c1C. The van der Waals surface area contributed by atoms with Crippen molar-refractivity contribution < 1.29 is 18.0 Å². The van der Waals surface area contributed by atoms with Crippen LogP contribution >= 0.6 is 0 Å². The summed E-state index contributed by atoms with van der Waals surface area (Å²) in [6.07, 6.45) is 4.34. The summed E-state index contributed by atoms with van der Waals surface area (Å²) in [6, 6.07) is 1.87. The number of imidazole rings is 1. The highest BCUT2D eigenvalue weighted by molar-refractivity contribution is 7.89. The first-order valence-electron chi connectivity index (χ1n) is 10.7. The maximum Gasteiger partial charge on any atom is 0.229 e. The van der Waals surface area contributed by atoms with E-state index in [1.165, 1.54) is 10.6 Å². The Kier molecular flexibility index (Phi) is 6.24. The molecule has 2 aliphatic heterocycles. The van der Waals surface area contributed by atoms with Gasteiger partial charge in [-0.05, 0) is 20.3 Å². The highest BCUT2D eigenvalue weighted by Gasteiger charge is 2.31. The summed E-state index contributed by atoms with van der Waals surface area (Å²) in [4.78, 5) is 39.9. The molecule has 2 aromatic heterocycles. The Morgan fingerprint density at radius 2 is 1.59 bits per heavy atom. The molecule has 2 aliphatic rings. The lowest BCUT2D eigenvalue weighted by Crippen LogP contribution is -2.51. The number of nitrogens with zero attached hydrogens (tertiary/aromatic N) is 7. The molecule has 0 unspecified atom stereocenters. The summed E-state index contributed by atoms with van der Waals surface area (Å²) in [5.41, 5.74) is 1.92. The summed E-state index contributed by atoms with van der Waals surface area (Å²) >= 11 is 0. The number of hydrogen-bond acceptors (Lipinski definition) is 8. The Morgan fingerprint density at radius 3 is 2.22 bits per heavy atom. The first kappa shape index (κ1) is 22.3. The van der Waals surface area contributed by atoms with E-state index in [1.807, 2.05) is 29.4 Å². The quantitative estimate of drug-likeness (QED) is 0.562. The number of aryl methyl sites for hydroxylation is 1. The van der Waals surface area contributed by atoms with Gasteiger partial charge in [-0.15, -0.1) is 0 Å². The number of carbonyl (C=O) groups is 2. The van der Waals surface area contributed by atoms with Crippen molar-refractivity contribution in [3.8, 4) is 5.82 Å². The van der Waals surface area contributed by atoms with Crippen LogP contribution in [-0.4, -0.2) is 87.4 Å². The maximum absolute atomic E-state index is 12.8. The minimum atomic E-state index is -3.57. The molecule has 11 nitrogen and oxygen atoms in total. The van der Waals surface area contributed by atoms with Crippen molar-refractivity contribution in [2.75, 3.05) is 43.4 Å². The van der Waals surface area contributed by atoms with Gasteiger partial charge in [-0.1, -0.05) is 0 Å². The fourth-order valence-electron chi connectivity index (χ4n) is 3.95. The maximum atomic E-state index is 12.8. The summed E-state index contributed by atoms with van der Waals surface area (Å²) in [5.74, 6) is 0.608. The van der Waals surface area contributed by atoms with Crippen LogP contribution in [0.15, 0.2) is 18.7 Å². The van der Waals surface area contributed by atoms with E-state index in [4.69, 9.17) is 0 Å². The van der Waals surface area contributed by atoms with Crippen molar-refractivity contribution in [1.29, 1.82) is 0 Å². The third kappa shape index (κ3) is 4.51. The van der Waals surface area contributed by atoms with Crippen LogP contribution in [0, 0.1) is 13.8 Å². The van der Waals surface area contributed by atoms with Gasteiger partial charge in [0, 0.05) is 57.3 Å². The van der Waals surface area contributed by atoms with Gasteiger partial charge < -0.3 is 4.90 Å². The predicted molar refractivity (Wildman–Crippen MR) is 117 cm³/mol. The number of likely N-dealkylation sites (tertiary alicyclic amines) is 1. The second kappa shape index (κ2) is 8.94. The number of amides is 2. The van der Waals surface area contributed by atoms with Crippen LogP contribution in [0.4, 0.5) is 5.82 Å². The number of piperidine rings is 1. The van der Waals surface area contributed by atoms with Gasteiger partial charge in [0.25, 0.3) is 0 Å². The highest BCUT2D eigenvalue weighted by Crippen LogP contribution is 2.19. The second-order valence-electron chi connectivity index (χ2n) is 8.01. The molecular weight excluding hydrogens is 434 g/mol. The molecule has 172 valence electrons. The summed E-state index contributed by atoms with van der Waals surface area (Å²) < 4.78 is 28.9. The third-order valence-electron chi connectivity index (χ3n) is 6.05. The van der Waals surface area contributed by atoms with Gasteiger partial charge in [-0.2, -0.15) is 4.31 Å². The summed E-state index contributed by atoms with van der Waals surface area (Å²) in [7, 11) is -3.57. The van der Waals surface area contributed by atoms with Gasteiger partial charge in [-0.25, -0.2) is 23.4 Å². The first-order valence-corrected chi connectivity index (χ1v) is 12.3. The van der Waals surface area contributed by atoms with Crippen LogP contribution in [0.1, 0.15) is 30.7 Å². The van der Waals surface area contributed by atoms with Crippen molar-refractivity contribution in [2.45, 2.75) is 33.1 Å². The lowest BCUT2D eigenvalue weighted by Gasteiger charge is -2.35. The molecule has 0 saturated carbocycles. The standard InChI is InChI=1S/C20H27N7O4S/c1-15-16(2)27(14-23-15)18-12-17(21-13-22-18)24-6-8-25(9-7-24)32(30,31)11-10-26-19(28)4-3-5-20(26)29/h12-14H,3-11H2,1-2H3. The van der Waals surface area contributed by atoms with E-state index in [2.05, 4.69) is 15.0 Å². The van der Waals surface area contributed by atoms with E-state index in [9.17, 15) is 18.0 Å². The van der Waals surface area contributed by atoms with Crippen LogP contribution in [0.5, 0.6) is 0 Å². The average molecular weight is 462 g/mol. The minimum absolute atomic E-state index is 0.0842. The van der Waals surface area contributed by atoms with Crippen LogP contribution in [-0.2, 0) is 19.6 Å². The normalized spacial score (nSPS) is 18.4. The van der Waals surface area contributed by atoms with Crippen molar-refractivity contribution in [1.82, 2.24) is 28.7 Å². The van der Waals surface area contributed by atoms with Gasteiger partial charge in [0.05, 0.1) is 11.4 Å². The molecule has 2 aromatic rings. The molecule has 0 aromatic carbocycles. The molecular formula is C20H27N7O4S. The topological polar surface area (TPSA) is 122 Å². The third-order valence-corrected chi connectivity index (χ3v) is 7.90. The van der Waals surface area contributed by atoms with E-state index in [0.29, 0.717) is 51.3 Å². The fraction of sp³-hybridized carbons (Fsp3) is 0.550. The van der Waals surface area contributed by atoms with Gasteiger partial charge in [0.2, 0.25) is 21.8 Å². The molecule has 0 N–H and O–H groups in total. The molecule has 2 fully saturated rings. The average Bonchev–Trinajstić information content (AvgIpc) is 3.12. The van der Waals surface area contributed by atoms with E-state index in [1.54, 1.807) is 6.33 Å². The van der Waals surface area contributed by atoms with Crippen LogP contribution in [0.2, 0.25) is 0 Å². The van der Waals surface area contributed by atoms with Crippen molar-refractivity contribution >= 4 is 27.7 Å². The Bertz CT molecular complexity index is 1110. The molecule has 2 saturated heterocycles. The van der Waals surface area contributed by atoms with E-state index < -0.39 is 10.0 Å². The Labute approximate surface area is 187 Å². The number of anilines is 1. The van der Waals surface area contributed by atoms with Gasteiger partial charge in [-0.3, -0.25) is 19.1 Å². The largest absolute Gasteiger partial charge is 0.354 e. The van der Waals surface area contributed by atoms with Crippen LogP contribution < -0.4 is 4.90 Å². The van der Waals surface area contributed by atoms with E-state index in [0.717, 1.165) is 22.1 Å². The van der Waals surface area contributed by atoms with E-state index >= 15 is 0 Å². The number of hydrogen-bond donors (Lipinski definition) is 0. The first-order chi connectivity index (χ1) is 15.3. The Hall–Kier alpha value is -2.86. The molecule has 0 aliphatic carbocycles.